The summed E-state index contributed by atoms with van der Waals surface area (Å²) in [6.45, 7) is 1.00. The summed E-state index contributed by atoms with van der Waals surface area (Å²) in [6.07, 6.45) is 7.02. The molecule has 98 valence electrons. The highest BCUT2D eigenvalue weighted by molar-refractivity contribution is 5.50. The maximum Gasteiger partial charge on any atom is 0.134 e. The van der Waals surface area contributed by atoms with E-state index in [2.05, 4.69) is 34.3 Å². The molecule has 0 bridgehead atoms. The standard InChI is InChI=1S/C12H20N6/c1-18(2)5-3-4-12(14)6-9-10(7-17-12)15-8-16-11(9)13/h6-8,17H,3-5,14H2,1-2H3,(H2,13,15,16). The number of nitrogens with two attached hydrogens (primary N) is 2. The van der Waals surface area contributed by atoms with Crippen LogP contribution in [0.5, 0.6) is 0 Å². The first-order valence-corrected chi connectivity index (χ1v) is 6.01. The molecule has 1 aromatic rings. The number of nitrogens with one attached hydrogen (secondary N) is 1. The van der Waals surface area contributed by atoms with Crippen LogP contribution in [-0.4, -0.2) is 41.2 Å². The van der Waals surface area contributed by atoms with Gasteiger partial charge in [-0.1, -0.05) is 0 Å². The smallest absolute Gasteiger partial charge is 0.134 e. The van der Waals surface area contributed by atoms with Crippen LogP contribution in [0.25, 0.3) is 12.3 Å². The number of nitrogen functional groups attached to an aromatic ring is 1. The number of hydrogen-bond acceptors (Lipinski definition) is 6. The van der Waals surface area contributed by atoms with Crippen molar-refractivity contribution in [2.24, 2.45) is 5.73 Å². The third-order valence-electron chi connectivity index (χ3n) is 3.02. The van der Waals surface area contributed by atoms with E-state index in [9.17, 15) is 0 Å². The molecule has 1 atom stereocenters. The molecule has 1 unspecified atom stereocenters. The summed E-state index contributed by atoms with van der Waals surface area (Å²) in [6, 6.07) is 0. The molecule has 5 N–H and O–H groups in total. The van der Waals surface area contributed by atoms with Gasteiger partial charge in [-0.25, -0.2) is 9.97 Å². The second-order valence-electron chi connectivity index (χ2n) is 4.94. The van der Waals surface area contributed by atoms with Crippen molar-refractivity contribution in [3.63, 3.8) is 0 Å². The van der Waals surface area contributed by atoms with Gasteiger partial charge in [0, 0.05) is 11.4 Å². The lowest BCUT2D eigenvalue weighted by Crippen LogP contribution is -2.56. The number of nitrogens with zero attached hydrogens (tertiary/aromatic N) is 3. The van der Waals surface area contributed by atoms with E-state index in [1.54, 1.807) is 0 Å². The molecule has 0 fully saturated rings. The van der Waals surface area contributed by atoms with Crippen molar-refractivity contribution in [1.82, 2.24) is 20.2 Å². The van der Waals surface area contributed by atoms with Crippen LogP contribution in [0.3, 0.4) is 0 Å². The van der Waals surface area contributed by atoms with E-state index in [4.69, 9.17) is 11.5 Å². The molecule has 18 heavy (non-hydrogen) atoms. The highest BCUT2D eigenvalue weighted by atomic mass is 15.1. The molecule has 1 aliphatic rings. The van der Waals surface area contributed by atoms with E-state index in [-0.39, 0.29) is 0 Å². The Morgan fingerprint density at radius 2 is 2.17 bits per heavy atom. The van der Waals surface area contributed by atoms with Gasteiger partial charge in [-0.3, -0.25) is 0 Å². The minimum absolute atomic E-state index is 0.472. The molecule has 0 saturated carbocycles. The van der Waals surface area contributed by atoms with Crippen molar-refractivity contribution in [1.29, 1.82) is 0 Å². The van der Waals surface area contributed by atoms with Crippen LogP contribution in [-0.2, 0) is 0 Å². The molecule has 2 heterocycles. The van der Waals surface area contributed by atoms with Crippen LogP contribution < -0.4 is 27.4 Å². The Morgan fingerprint density at radius 3 is 2.89 bits per heavy atom. The second kappa shape index (κ2) is 4.91. The van der Waals surface area contributed by atoms with Crippen molar-refractivity contribution in [3.8, 4) is 0 Å². The Bertz CT molecular complexity index is 538. The fraction of sp³-hybridized carbons (Fsp3) is 0.500. The zero-order valence-electron chi connectivity index (χ0n) is 10.8. The first-order valence-electron chi connectivity index (χ1n) is 6.01. The molecule has 2 rings (SSSR count). The topological polar surface area (TPSA) is 93.1 Å². The van der Waals surface area contributed by atoms with Crippen LogP contribution >= 0.6 is 0 Å². The number of rotatable bonds is 4. The van der Waals surface area contributed by atoms with Gasteiger partial charge >= 0.3 is 0 Å². The van der Waals surface area contributed by atoms with Gasteiger partial charge in [0.15, 0.2) is 0 Å². The predicted octanol–water partition coefficient (Wildman–Crippen LogP) is -1.82. The van der Waals surface area contributed by atoms with Crippen LogP contribution in [0.4, 0.5) is 5.82 Å². The molecule has 0 radical (unpaired) electrons. The van der Waals surface area contributed by atoms with E-state index in [1.165, 1.54) is 6.33 Å². The number of aromatic nitrogens is 2. The molecule has 0 amide bonds. The summed E-state index contributed by atoms with van der Waals surface area (Å²) in [4.78, 5) is 10.3. The molecule has 0 spiro atoms. The lowest BCUT2D eigenvalue weighted by Gasteiger charge is -2.29. The summed E-state index contributed by atoms with van der Waals surface area (Å²) in [5.74, 6) is 0.472. The van der Waals surface area contributed by atoms with Gasteiger partial charge < -0.3 is 21.7 Å². The average Bonchev–Trinajstić information content (AvgIpc) is 2.30. The monoisotopic (exact) mass is 248 g/mol. The summed E-state index contributed by atoms with van der Waals surface area (Å²) in [7, 11) is 4.10. The van der Waals surface area contributed by atoms with Crippen molar-refractivity contribution in [3.05, 3.63) is 16.9 Å². The Labute approximate surface area is 106 Å². The zero-order chi connectivity index (χ0) is 13.2. The first-order chi connectivity index (χ1) is 8.50. The maximum atomic E-state index is 6.30. The van der Waals surface area contributed by atoms with E-state index < -0.39 is 5.66 Å². The van der Waals surface area contributed by atoms with E-state index in [0.29, 0.717) is 5.82 Å². The fourth-order valence-corrected chi connectivity index (χ4v) is 2.02. The van der Waals surface area contributed by atoms with Gasteiger partial charge in [0.1, 0.15) is 17.8 Å². The predicted molar refractivity (Wildman–Crippen MR) is 72.5 cm³/mol. The van der Waals surface area contributed by atoms with Gasteiger partial charge in [-0.05, 0) is 39.6 Å². The molecule has 6 heteroatoms. The van der Waals surface area contributed by atoms with Crippen molar-refractivity contribution in [2.45, 2.75) is 18.5 Å². The number of fused-ring (bicyclic) bond motifs is 1. The Morgan fingerprint density at radius 1 is 1.39 bits per heavy atom. The normalized spacial score (nSPS) is 21.8. The molecule has 0 aromatic carbocycles. The Hall–Kier alpha value is -1.66. The van der Waals surface area contributed by atoms with Crippen LogP contribution in [0.15, 0.2) is 6.33 Å². The average molecular weight is 248 g/mol. The van der Waals surface area contributed by atoms with Gasteiger partial charge in [0.05, 0.1) is 5.35 Å². The molecular weight excluding hydrogens is 228 g/mol. The second-order valence-corrected chi connectivity index (χ2v) is 4.94. The molecule has 1 aliphatic heterocycles. The highest BCUT2D eigenvalue weighted by Crippen LogP contribution is 2.10. The molecule has 0 aliphatic carbocycles. The van der Waals surface area contributed by atoms with Gasteiger partial charge in [-0.15, -0.1) is 0 Å². The largest absolute Gasteiger partial charge is 0.383 e. The van der Waals surface area contributed by atoms with Crippen molar-refractivity contribution >= 4 is 18.1 Å². The fourth-order valence-electron chi connectivity index (χ4n) is 2.02. The summed E-state index contributed by atoms with van der Waals surface area (Å²) in [5, 5.41) is 4.80. The van der Waals surface area contributed by atoms with Crippen molar-refractivity contribution in [2.75, 3.05) is 26.4 Å². The Balaban J connectivity index is 2.20. The lowest BCUT2D eigenvalue weighted by molar-refractivity contribution is 0.362. The third kappa shape index (κ3) is 2.77. The SMILES string of the molecule is CN(C)CCCC1(N)C=c2c(N)ncnc2=CN1. The molecular formula is C12H20N6. The molecule has 0 saturated heterocycles. The Kier molecular flexibility index (Phi) is 3.49. The molecule has 1 aromatic heterocycles. The quantitative estimate of drug-likeness (QED) is 0.581. The van der Waals surface area contributed by atoms with Crippen molar-refractivity contribution < 1.29 is 0 Å². The molecule has 6 nitrogen and oxygen atoms in total. The zero-order valence-corrected chi connectivity index (χ0v) is 10.8. The van der Waals surface area contributed by atoms with Crippen LogP contribution in [0, 0.1) is 0 Å². The number of anilines is 1. The minimum Gasteiger partial charge on any atom is -0.383 e. The first kappa shape index (κ1) is 12.8. The number of hydrogen-bond donors (Lipinski definition) is 3. The van der Waals surface area contributed by atoms with Crippen LogP contribution in [0.1, 0.15) is 12.8 Å². The minimum atomic E-state index is -0.568. The highest BCUT2D eigenvalue weighted by Gasteiger charge is 2.22. The lowest BCUT2D eigenvalue weighted by atomic mass is 10.0. The van der Waals surface area contributed by atoms with Gasteiger partial charge in [0.2, 0.25) is 0 Å². The summed E-state index contributed by atoms with van der Waals surface area (Å²) < 4.78 is 0. The van der Waals surface area contributed by atoms with E-state index in [1.807, 2.05) is 12.3 Å². The maximum absolute atomic E-state index is 6.30. The van der Waals surface area contributed by atoms with Gasteiger partial charge in [0.25, 0.3) is 0 Å². The van der Waals surface area contributed by atoms with Crippen LogP contribution in [0.2, 0.25) is 0 Å². The van der Waals surface area contributed by atoms with E-state index >= 15 is 0 Å². The van der Waals surface area contributed by atoms with Gasteiger partial charge in [-0.2, -0.15) is 0 Å². The summed E-state index contributed by atoms with van der Waals surface area (Å²) >= 11 is 0. The van der Waals surface area contributed by atoms with E-state index in [0.717, 1.165) is 30.0 Å². The summed E-state index contributed by atoms with van der Waals surface area (Å²) in [5.41, 5.74) is 11.6. The third-order valence-corrected chi connectivity index (χ3v) is 3.02.